The zero-order valence-electron chi connectivity index (χ0n) is 19.6. The van der Waals surface area contributed by atoms with Gasteiger partial charge in [0.15, 0.2) is 17.0 Å². The molecule has 2 heterocycles. The Kier molecular flexibility index (Phi) is 6.90. The van der Waals surface area contributed by atoms with Crippen molar-refractivity contribution in [2.75, 3.05) is 22.9 Å². The largest absolute Gasteiger partial charge is 0.397 e. The van der Waals surface area contributed by atoms with Crippen molar-refractivity contribution in [2.24, 2.45) is 5.92 Å². The fourth-order valence-electron chi connectivity index (χ4n) is 3.45. The molecule has 0 radical (unpaired) electrons. The number of hydrogen-bond donors (Lipinski definition) is 4. The fourth-order valence-corrected chi connectivity index (χ4v) is 3.65. The molecule has 9 heteroatoms. The molecular weight excluding hydrogens is 450 g/mol. The number of halogens is 1. The number of fused-ring (bicyclic) bond motifs is 1. The van der Waals surface area contributed by atoms with Gasteiger partial charge in [-0.05, 0) is 31.0 Å². The maximum atomic E-state index is 10.3. The lowest BCUT2D eigenvalue weighted by Gasteiger charge is -2.26. The van der Waals surface area contributed by atoms with E-state index in [0.29, 0.717) is 53.3 Å². The number of anilines is 3. The first-order valence-electron chi connectivity index (χ1n) is 11.2. The van der Waals surface area contributed by atoms with Crippen molar-refractivity contribution >= 4 is 40.2 Å². The van der Waals surface area contributed by atoms with Crippen LogP contribution in [-0.2, 0) is 13.1 Å². The first-order valence-corrected chi connectivity index (χ1v) is 11.6. The van der Waals surface area contributed by atoms with Crippen LogP contribution in [0.5, 0.6) is 0 Å². The summed E-state index contributed by atoms with van der Waals surface area (Å²) in [7, 11) is 0. The second-order valence-electron chi connectivity index (χ2n) is 9.03. The monoisotopic (exact) mass is 479 g/mol. The summed E-state index contributed by atoms with van der Waals surface area (Å²) < 4.78 is 2.00. The average Bonchev–Trinajstić information content (AvgIpc) is 3.21. The number of nitrogen functional groups attached to an aromatic ring is 1. The Morgan fingerprint density at radius 3 is 2.59 bits per heavy atom. The number of nitrogens with two attached hydrogens (primary N) is 1. The molecule has 8 nitrogen and oxygen atoms in total. The molecule has 34 heavy (non-hydrogen) atoms. The molecule has 0 aliphatic rings. The third-order valence-electron chi connectivity index (χ3n) is 6.02. The molecule has 1 unspecified atom stereocenters. The lowest BCUT2D eigenvalue weighted by Crippen LogP contribution is -2.33. The Hall–Kier alpha value is -3.36. The lowest BCUT2D eigenvalue weighted by atomic mass is 9.93. The highest BCUT2D eigenvalue weighted by molar-refractivity contribution is 6.33. The number of aliphatic hydroxyl groups is 1. The van der Waals surface area contributed by atoms with Crippen LogP contribution < -0.4 is 16.4 Å². The van der Waals surface area contributed by atoms with Crippen LogP contribution in [0.3, 0.4) is 0 Å². The number of hydrogen-bond acceptors (Lipinski definition) is 7. The molecule has 178 valence electrons. The van der Waals surface area contributed by atoms with E-state index in [1.807, 2.05) is 41.8 Å². The van der Waals surface area contributed by atoms with Crippen LogP contribution >= 0.6 is 11.6 Å². The van der Waals surface area contributed by atoms with E-state index in [-0.39, 0.29) is 5.92 Å². The van der Waals surface area contributed by atoms with Gasteiger partial charge in [-0.25, -0.2) is 4.98 Å². The Balaban J connectivity index is 1.66. The quantitative estimate of drug-likeness (QED) is 0.260. The number of benzene rings is 2. The number of imidazole rings is 1. The molecule has 0 saturated carbocycles. The van der Waals surface area contributed by atoms with Crippen molar-refractivity contribution in [3.8, 4) is 0 Å². The van der Waals surface area contributed by atoms with Crippen molar-refractivity contribution < 1.29 is 5.11 Å². The fraction of sp³-hybridized carbons (Fsp3) is 0.320. The predicted molar refractivity (Wildman–Crippen MR) is 138 cm³/mol. The van der Waals surface area contributed by atoms with E-state index in [1.165, 1.54) is 0 Å². The summed E-state index contributed by atoms with van der Waals surface area (Å²) in [6.45, 7) is 7.15. The van der Waals surface area contributed by atoms with Gasteiger partial charge in [0.05, 0.1) is 29.2 Å². The van der Waals surface area contributed by atoms with Crippen molar-refractivity contribution in [2.45, 2.75) is 39.5 Å². The van der Waals surface area contributed by atoms with Gasteiger partial charge in [-0.15, -0.1) is 0 Å². The van der Waals surface area contributed by atoms with Crippen LogP contribution in [0.25, 0.3) is 11.2 Å². The van der Waals surface area contributed by atoms with Gasteiger partial charge in [-0.2, -0.15) is 9.97 Å². The molecule has 0 fully saturated rings. The van der Waals surface area contributed by atoms with E-state index in [0.717, 1.165) is 11.1 Å². The molecule has 0 aliphatic carbocycles. The van der Waals surface area contributed by atoms with Gasteiger partial charge >= 0.3 is 0 Å². The van der Waals surface area contributed by atoms with Gasteiger partial charge in [-0.1, -0.05) is 61.0 Å². The second kappa shape index (κ2) is 9.87. The molecule has 0 spiro atoms. The third kappa shape index (κ3) is 5.40. The minimum absolute atomic E-state index is 0.0105. The summed E-state index contributed by atoms with van der Waals surface area (Å²) in [5.74, 6) is 1.04. The maximum Gasteiger partial charge on any atom is 0.226 e. The summed E-state index contributed by atoms with van der Waals surface area (Å²) in [5.41, 5.74) is 9.24. The van der Waals surface area contributed by atoms with E-state index in [1.54, 1.807) is 26.2 Å². The zero-order valence-corrected chi connectivity index (χ0v) is 20.3. The molecule has 1 atom stereocenters. The minimum Gasteiger partial charge on any atom is -0.397 e. The maximum absolute atomic E-state index is 10.3. The molecule has 0 saturated heterocycles. The number of aromatic nitrogens is 4. The van der Waals surface area contributed by atoms with Crippen molar-refractivity contribution in [3.63, 3.8) is 0 Å². The molecule has 5 N–H and O–H groups in total. The van der Waals surface area contributed by atoms with Crippen LogP contribution in [0, 0.1) is 5.92 Å². The SMILES string of the molecule is CC(CNc1nc(NCc2cccc(Cl)c2N)c2ncn(Cc3ccccc3)c2n1)C(C)(C)O. The highest BCUT2D eigenvalue weighted by atomic mass is 35.5. The van der Waals surface area contributed by atoms with Gasteiger partial charge in [0.25, 0.3) is 0 Å². The summed E-state index contributed by atoms with van der Waals surface area (Å²) in [4.78, 5) is 14.0. The summed E-state index contributed by atoms with van der Waals surface area (Å²) >= 11 is 6.18. The third-order valence-corrected chi connectivity index (χ3v) is 6.35. The minimum atomic E-state index is -0.822. The molecule has 0 bridgehead atoms. The highest BCUT2D eigenvalue weighted by Gasteiger charge is 2.22. The molecule has 2 aromatic carbocycles. The van der Waals surface area contributed by atoms with Crippen molar-refractivity contribution in [1.82, 2.24) is 19.5 Å². The van der Waals surface area contributed by atoms with Crippen LogP contribution in [0.4, 0.5) is 17.5 Å². The van der Waals surface area contributed by atoms with E-state index in [9.17, 15) is 5.11 Å². The van der Waals surface area contributed by atoms with E-state index >= 15 is 0 Å². The molecule has 4 rings (SSSR count). The van der Waals surface area contributed by atoms with Crippen LogP contribution in [0.1, 0.15) is 31.9 Å². The van der Waals surface area contributed by atoms with Gasteiger partial charge in [0.2, 0.25) is 5.95 Å². The average molecular weight is 480 g/mol. The normalized spacial score (nSPS) is 12.6. The zero-order chi connectivity index (χ0) is 24.3. The first kappa shape index (κ1) is 23.8. The first-order chi connectivity index (χ1) is 16.2. The molecule has 4 aromatic rings. The van der Waals surface area contributed by atoms with E-state index in [4.69, 9.17) is 22.3 Å². The van der Waals surface area contributed by atoms with Crippen LogP contribution in [-0.4, -0.2) is 36.8 Å². The Bertz CT molecular complexity index is 1270. The van der Waals surface area contributed by atoms with Crippen LogP contribution in [0.15, 0.2) is 54.9 Å². The molecule has 2 aromatic heterocycles. The predicted octanol–water partition coefficient (Wildman–Crippen LogP) is 4.54. The summed E-state index contributed by atoms with van der Waals surface area (Å²) in [6.07, 6.45) is 1.77. The highest BCUT2D eigenvalue weighted by Crippen LogP contribution is 2.26. The number of para-hydroxylation sites is 1. The molecule has 0 amide bonds. The summed E-state index contributed by atoms with van der Waals surface area (Å²) in [6, 6.07) is 15.7. The van der Waals surface area contributed by atoms with Crippen molar-refractivity contribution in [1.29, 1.82) is 0 Å². The molecule has 0 aliphatic heterocycles. The second-order valence-corrected chi connectivity index (χ2v) is 9.44. The van der Waals surface area contributed by atoms with E-state index < -0.39 is 5.60 Å². The van der Waals surface area contributed by atoms with Gasteiger partial charge in [-0.3, -0.25) is 0 Å². The smallest absolute Gasteiger partial charge is 0.226 e. The van der Waals surface area contributed by atoms with Crippen molar-refractivity contribution in [3.05, 3.63) is 71.0 Å². The topological polar surface area (TPSA) is 114 Å². The molecular formula is C25H30ClN7O. The number of rotatable bonds is 9. The van der Waals surface area contributed by atoms with Gasteiger partial charge < -0.3 is 26.0 Å². The Morgan fingerprint density at radius 2 is 1.85 bits per heavy atom. The van der Waals surface area contributed by atoms with Gasteiger partial charge in [0.1, 0.15) is 0 Å². The number of nitrogens with zero attached hydrogens (tertiary/aromatic N) is 4. The Labute approximate surface area is 204 Å². The van der Waals surface area contributed by atoms with Crippen LogP contribution in [0.2, 0.25) is 5.02 Å². The number of nitrogens with one attached hydrogen (secondary N) is 2. The standard InChI is InChI=1S/C25H30ClN7O/c1-16(25(2,3)34)12-29-24-31-22(28-13-18-10-7-11-19(26)20(18)27)21-23(32-24)33(15-30-21)14-17-8-5-4-6-9-17/h4-11,15-16,34H,12-14,27H2,1-3H3,(H2,28,29,31,32). The van der Waals surface area contributed by atoms with Gasteiger partial charge in [0, 0.05) is 19.0 Å². The van der Waals surface area contributed by atoms with E-state index in [2.05, 4.69) is 32.7 Å². The Morgan fingerprint density at radius 1 is 1.09 bits per heavy atom. The lowest BCUT2D eigenvalue weighted by molar-refractivity contribution is 0.0303. The summed E-state index contributed by atoms with van der Waals surface area (Å²) in [5, 5.41) is 17.4.